The van der Waals surface area contributed by atoms with Crippen molar-refractivity contribution in [2.75, 3.05) is 23.3 Å². The molecular formula is C22H28N4O2. The minimum absolute atomic E-state index is 0.0242. The van der Waals surface area contributed by atoms with Crippen molar-refractivity contribution in [3.8, 4) is 0 Å². The highest BCUT2D eigenvalue weighted by Gasteiger charge is 2.25. The molecule has 1 unspecified atom stereocenters. The maximum Gasteiger partial charge on any atom is 0.268 e. The molecule has 148 valence electrons. The second-order valence-electron chi connectivity index (χ2n) is 8.20. The molecule has 4 rings (SSSR count). The van der Waals surface area contributed by atoms with Gasteiger partial charge in [-0.3, -0.25) is 9.59 Å². The summed E-state index contributed by atoms with van der Waals surface area (Å²) in [6, 6.07) is 9.53. The normalized spacial score (nSPS) is 19.5. The number of nitrogens with one attached hydrogen (secondary N) is 1. The van der Waals surface area contributed by atoms with Gasteiger partial charge in [0.05, 0.1) is 11.9 Å². The second kappa shape index (κ2) is 8.17. The van der Waals surface area contributed by atoms with E-state index >= 15 is 0 Å². The number of hydrogen-bond acceptors (Lipinski definition) is 4. The van der Waals surface area contributed by atoms with Crippen LogP contribution in [0.25, 0.3) is 0 Å². The lowest BCUT2D eigenvalue weighted by Gasteiger charge is -2.34. The van der Waals surface area contributed by atoms with E-state index in [0.717, 1.165) is 49.4 Å². The Hall–Kier alpha value is -2.63. The van der Waals surface area contributed by atoms with Gasteiger partial charge >= 0.3 is 0 Å². The van der Waals surface area contributed by atoms with Crippen molar-refractivity contribution < 1.29 is 4.79 Å². The van der Waals surface area contributed by atoms with E-state index in [1.165, 1.54) is 12.8 Å². The molecule has 1 saturated heterocycles. The summed E-state index contributed by atoms with van der Waals surface area (Å²) in [6.07, 6.45) is 6.76. The maximum atomic E-state index is 12.5. The van der Waals surface area contributed by atoms with Gasteiger partial charge < -0.3 is 10.2 Å². The Morgan fingerprint density at radius 1 is 1.21 bits per heavy atom. The molecule has 1 N–H and O–H groups in total. The molecule has 2 aliphatic rings. The van der Waals surface area contributed by atoms with Crippen molar-refractivity contribution in [3.05, 3.63) is 52.4 Å². The summed E-state index contributed by atoms with van der Waals surface area (Å²) < 4.78 is 1.58. The van der Waals surface area contributed by atoms with Gasteiger partial charge in [0.25, 0.3) is 5.56 Å². The molecule has 1 saturated carbocycles. The SMILES string of the molecule is Cc1ccccc1NC(=O)CC1CCCN(c2cnn(CC3CC3)c(=O)c2)C1. The average molecular weight is 380 g/mol. The van der Waals surface area contributed by atoms with Crippen LogP contribution >= 0.6 is 0 Å². The summed E-state index contributed by atoms with van der Waals surface area (Å²) in [5, 5.41) is 7.40. The Bertz CT molecular complexity index is 903. The quantitative estimate of drug-likeness (QED) is 0.836. The summed E-state index contributed by atoms with van der Waals surface area (Å²) in [5.74, 6) is 0.966. The van der Waals surface area contributed by atoms with Gasteiger partial charge in [-0.25, -0.2) is 4.68 Å². The summed E-state index contributed by atoms with van der Waals surface area (Å²) >= 11 is 0. The van der Waals surface area contributed by atoms with Crippen LogP contribution in [-0.2, 0) is 11.3 Å². The predicted octanol–water partition coefficient (Wildman–Crippen LogP) is 3.21. The van der Waals surface area contributed by atoms with Crippen LogP contribution in [0.4, 0.5) is 11.4 Å². The van der Waals surface area contributed by atoms with Crippen molar-refractivity contribution in [1.29, 1.82) is 0 Å². The zero-order valence-corrected chi connectivity index (χ0v) is 16.4. The molecule has 0 bridgehead atoms. The predicted molar refractivity (Wildman–Crippen MR) is 111 cm³/mol. The van der Waals surface area contributed by atoms with Crippen molar-refractivity contribution >= 4 is 17.3 Å². The first-order valence-corrected chi connectivity index (χ1v) is 10.3. The lowest BCUT2D eigenvalue weighted by atomic mass is 9.94. The van der Waals surface area contributed by atoms with Crippen LogP contribution in [0.1, 0.15) is 37.7 Å². The fourth-order valence-electron chi connectivity index (χ4n) is 3.92. The van der Waals surface area contributed by atoms with Crippen LogP contribution in [0.3, 0.4) is 0 Å². The molecular weight excluding hydrogens is 352 g/mol. The summed E-state index contributed by atoms with van der Waals surface area (Å²) in [7, 11) is 0. The van der Waals surface area contributed by atoms with E-state index in [-0.39, 0.29) is 17.4 Å². The van der Waals surface area contributed by atoms with E-state index in [1.54, 1.807) is 16.9 Å². The third-order valence-corrected chi connectivity index (χ3v) is 5.76. The summed E-state index contributed by atoms with van der Waals surface area (Å²) in [4.78, 5) is 27.0. The number of carbonyl (C=O) groups excluding carboxylic acids is 1. The molecule has 6 heteroatoms. The smallest absolute Gasteiger partial charge is 0.268 e. The van der Waals surface area contributed by atoms with Crippen LogP contribution in [0.5, 0.6) is 0 Å². The number of amides is 1. The second-order valence-corrected chi connectivity index (χ2v) is 8.20. The Labute approximate surface area is 165 Å². The Morgan fingerprint density at radius 3 is 2.79 bits per heavy atom. The Kier molecular flexibility index (Phi) is 5.46. The van der Waals surface area contributed by atoms with E-state index in [4.69, 9.17) is 0 Å². The molecule has 0 spiro atoms. The number of aromatic nitrogens is 2. The Morgan fingerprint density at radius 2 is 2.04 bits per heavy atom. The topological polar surface area (TPSA) is 67.2 Å². The molecule has 6 nitrogen and oxygen atoms in total. The van der Waals surface area contributed by atoms with Gasteiger partial charge in [-0.2, -0.15) is 5.10 Å². The van der Waals surface area contributed by atoms with Crippen LogP contribution in [0, 0.1) is 18.8 Å². The van der Waals surface area contributed by atoms with E-state index < -0.39 is 0 Å². The minimum atomic E-state index is -0.0242. The lowest BCUT2D eigenvalue weighted by Crippen LogP contribution is -2.38. The summed E-state index contributed by atoms with van der Waals surface area (Å²) in [6.45, 7) is 4.43. The van der Waals surface area contributed by atoms with Gasteiger partial charge in [-0.15, -0.1) is 0 Å². The lowest BCUT2D eigenvalue weighted by molar-refractivity contribution is -0.117. The monoisotopic (exact) mass is 380 g/mol. The highest BCUT2D eigenvalue weighted by molar-refractivity contribution is 5.91. The first-order valence-electron chi connectivity index (χ1n) is 10.3. The van der Waals surface area contributed by atoms with Gasteiger partial charge in [0, 0.05) is 37.8 Å². The molecule has 1 atom stereocenters. The van der Waals surface area contributed by atoms with Crippen LogP contribution in [0.2, 0.25) is 0 Å². The molecule has 2 heterocycles. The van der Waals surface area contributed by atoms with E-state index in [1.807, 2.05) is 31.2 Å². The number of piperidine rings is 1. The van der Waals surface area contributed by atoms with Crippen LogP contribution in [0.15, 0.2) is 41.3 Å². The minimum Gasteiger partial charge on any atom is -0.370 e. The maximum absolute atomic E-state index is 12.5. The molecule has 1 aromatic heterocycles. The molecule has 1 amide bonds. The molecule has 1 aliphatic carbocycles. The number of carbonyl (C=O) groups is 1. The fourth-order valence-corrected chi connectivity index (χ4v) is 3.92. The number of nitrogens with zero attached hydrogens (tertiary/aromatic N) is 3. The number of aryl methyl sites for hydroxylation is 1. The number of rotatable bonds is 6. The first-order chi connectivity index (χ1) is 13.6. The number of benzene rings is 1. The van der Waals surface area contributed by atoms with Crippen molar-refractivity contribution in [2.45, 2.75) is 45.6 Å². The zero-order chi connectivity index (χ0) is 19.5. The van der Waals surface area contributed by atoms with E-state index in [0.29, 0.717) is 12.3 Å². The van der Waals surface area contributed by atoms with Crippen molar-refractivity contribution in [1.82, 2.24) is 9.78 Å². The van der Waals surface area contributed by atoms with E-state index in [2.05, 4.69) is 15.3 Å². The van der Waals surface area contributed by atoms with E-state index in [9.17, 15) is 9.59 Å². The molecule has 2 fully saturated rings. The Balaban J connectivity index is 1.36. The standard InChI is InChI=1S/C22H28N4O2/c1-16-5-2-3-7-20(16)24-21(27)11-18-6-4-10-25(14-18)19-12-22(28)26(23-13-19)15-17-8-9-17/h2-3,5,7,12-13,17-18H,4,6,8-11,14-15H2,1H3,(H,24,27). The third kappa shape index (κ3) is 4.61. The number of para-hydroxylation sites is 1. The number of hydrogen-bond donors (Lipinski definition) is 1. The molecule has 1 aromatic carbocycles. The van der Waals surface area contributed by atoms with Gasteiger partial charge in [0.15, 0.2) is 0 Å². The van der Waals surface area contributed by atoms with Gasteiger partial charge in [0.2, 0.25) is 5.91 Å². The highest BCUT2D eigenvalue weighted by Crippen LogP contribution is 2.30. The van der Waals surface area contributed by atoms with Gasteiger partial charge in [-0.1, -0.05) is 18.2 Å². The zero-order valence-electron chi connectivity index (χ0n) is 16.4. The summed E-state index contributed by atoms with van der Waals surface area (Å²) in [5.41, 5.74) is 2.80. The van der Waals surface area contributed by atoms with Crippen molar-refractivity contribution in [3.63, 3.8) is 0 Å². The first kappa shape index (κ1) is 18.7. The molecule has 2 aromatic rings. The molecule has 1 aliphatic heterocycles. The van der Waals surface area contributed by atoms with Crippen molar-refractivity contribution in [2.24, 2.45) is 11.8 Å². The molecule has 28 heavy (non-hydrogen) atoms. The van der Waals surface area contributed by atoms with Crippen LogP contribution < -0.4 is 15.8 Å². The number of anilines is 2. The largest absolute Gasteiger partial charge is 0.370 e. The van der Waals surface area contributed by atoms with Crippen LogP contribution in [-0.4, -0.2) is 28.8 Å². The molecule has 0 radical (unpaired) electrons. The van der Waals surface area contributed by atoms with Gasteiger partial charge in [0.1, 0.15) is 0 Å². The highest BCUT2D eigenvalue weighted by atomic mass is 16.1. The average Bonchev–Trinajstić information content (AvgIpc) is 3.49. The fraction of sp³-hybridized carbons (Fsp3) is 0.500. The van der Waals surface area contributed by atoms with Gasteiger partial charge in [-0.05, 0) is 56.1 Å². The third-order valence-electron chi connectivity index (χ3n) is 5.76.